The quantitative estimate of drug-likeness (QED) is 0.159. The lowest BCUT2D eigenvalue weighted by molar-refractivity contribution is 1.17. The van der Waals surface area contributed by atoms with Crippen molar-refractivity contribution in [3.05, 3.63) is 235 Å². The molecule has 0 radical (unpaired) electrons. The van der Waals surface area contributed by atoms with Gasteiger partial charge in [0.2, 0.25) is 0 Å². The first-order chi connectivity index (χ1) is 32.2. The molecule has 4 heteroatoms. The molecule has 14 aromatic rings. The van der Waals surface area contributed by atoms with Crippen molar-refractivity contribution in [3.8, 4) is 44.8 Å². The maximum Gasteiger partial charge on any atom is 0.263 e. The molecule has 10 aromatic carbocycles. The predicted molar refractivity (Wildman–Crippen MR) is 272 cm³/mol. The number of benzene rings is 10. The van der Waals surface area contributed by atoms with Crippen molar-refractivity contribution in [1.82, 2.24) is 13.5 Å². The Balaban J connectivity index is 0.921. The van der Waals surface area contributed by atoms with Gasteiger partial charge in [-0.05, 0) is 112 Å². The highest BCUT2D eigenvalue weighted by Crippen LogP contribution is 2.43. The van der Waals surface area contributed by atoms with Crippen LogP contribution in [0, 0.1) is 0 Å². The lowest BCUT2D eigenvalue weighted by Crippen LogP contribution is -2.12. The summed E-state index contributed by atoms with van der Waals surface area (Å²) in [5.74, 6) is 0. The van der Waals surface area contributed by atoms with E-state index in [1.54, 1.807) is 0 Å². The molecule has 0 saturated carbocycles. The van der Waals surface area contributed by atoms with Gasteiger partial charge in [-0.15, -0.1) is 0 Å². The Labute approximate surface area is 373 Å². The zero-order chi connectivity index (χ0) is 42.8. The predicted octanol–water partition coefficient (Wildman–Crippen LogP) is 15.4. The highest BCUT2D eigenvalue weighted by atomic mass is 16.1. The number of hydrogen-bond acceptors (Lipinski definition) is 1. The van der Waals surface area contributed by atoms with Crippen molar-refractivity contribution in [2.75, 3.05) is 0 Å². The summed E-state index contributed by atoms with van der Waals surface area (Å²) in [6.07, 6.45) is 0. The topological polar surface area (TPSA) is 31.3 Å². The van der Waals surface area contributed by atoms with Gasteiger partial charge in [-0.3, -0.25) is 9.20 Å². The van der Waals surface area contributed by atoms with Crippen molar-refractivity contribution < 1.29 is 0 Å². The van der Waals surface area contributed by atoms with Gasteiger partial charge >= 0.3 is 0 Å². The van der Waals surface area contributed by atoms with Crippen LogP contribution in [0.2, 0.25) is 0 Å². The average Bonchev–Trinajstić information content (AvgIpc) is 4.02. The van der Waals surface area contributed by atoms with E-state index in [-0.39, 0.29) is 5.56 Å². The Bertz CT molecular complexity index is 4310. The Morgan fingerprint density at radius 1 is 0.262 bits per heavy atom. The third kappa shape index (κ3) is 5.16. The minimum Gasteiger partial charge on any atom is -0.309 e. The molecule has 0 bridgehead atoms. The average molecular weight is 828 g/mol. The molecule has 4 heterocycles. The van der Waals surface area contributed by atoms with Crippen molar-refractivity contribution in [3.63, 3.8) is 0 Å². The van der Waals surface area contributed by atoms with Gasteiger partial charge in [-0.25, -0.2) is 0 Å². The minimum atomic E-state index is 0.0128. The molecule has 14 rings (SSSR count). The number of pyridine rings is 1. The Hall–Kier alpha value is -8.73. The van der Waals surface area contributed by atoms with Crippen LogP contribution in [-0.2, 0) is 0 Å². The molecule has 0 unspecified atom stereocenters. The number of fused-ring (bicyclic) bond motifs is 12. The van der Waals surface area contributed by atoms with Crippen LogP contribution in [0.25, 0.3) is 126 Å². The summed E-state index contributed by atoms with van der Waals surface area (Å²) >= 11 is 0. The lowest BCUT2D eigenvalue weighted by atomic mass is 9.97. The van der Waals surface area contributed by atoms with E-state index in [2.05, 4.69) is 221 Å². The molecule has 0 aliphatic heterocycles. The van der Waals surface area contributed by atoms with Gasteiger partial charge in [0.25, 0.3) is 5.56 Å². The minimum absolute atomic E-state index is 0.0128. The van der Waals surface area contributed by atoms with Gasteiger partial charge in [0.15, 0.2) is 0 Å². The third-order valence-corrected chi connectivity index (χ3v) is 13.8. The van der Waals surface area contributed by atoms with E-state index in [4.69, 9.17) is 0 Å². The van der Waals surface area contributed by atoms with Crippen LogP contribution in [0.3, 0.4) is 0 Å². The molecule has 0 saturated heterocycles. The molecule has 0 fully saturated rings. The van der Waals surface area contributed by atoms with Crippen LogP contribution < -0.4 is 5.56 Å². The molecule has 0 aliphatic rings. The summed E-state index contributed by atoms with van der Waals surface area (Å²) in [5.41, 5.74) is 15.7. The summed E-state index contributed by atoms with van der Waals surface area (Å²) in [5, 5.41) is 9.89. The third-order valence-electron chi connectivity index (χ3n) is 13.8. The first-order valence-corrected chi connectivity index (χ1v) is 22.2. The molecule has 302 valence electrons. The van der Waals surface area contributed by atoms with Crippen molar-refractivity contribution >= 4 is 81.6 Å². The molecular weight excluding hydrogens is 791 g/mol. The molecule has 0 aliphatic carbocycles. The van der Waals surface area contributed by atoms with E-state index in [9.17, 15) is 4.79 Å². The van der Waals surface area contributed by atoms with Crippen molar-refractivity contribution in [2.45, 2.75) is 0 Å². The first-order valence-electron chi connectivity index (χ1n) is 22.2. The van der Waals surface area contributed by atoms with E-state index < -0.39 is 0 Å². The SMILES string of the molecule is O=c1c2ccc(-c3ccccc3)cc2c2cccc3c4cc(-c5cccc(-c6cccc(-n7c8ccccc8c8ccc9c(c%10ccccc%10n9-c9ccccc9)c87)c6)c5)ccc4n1c23. The second-order valence-corrected chi connectivity index (χ2v) is 17.2. The fourth-order valence-electron chi connectivity index (χ4n) is 10.9. The molecule has 0 N–H and O–H groups in total. The summed E-state index contributed by atoms with van der Waals surface area (Å²) in [7, 11) is 0. The zero-order valence-electron chi connectivity index (χ0n) is 35.1. The van der Waals surface area contributed by atoms with E-state index in [1.807, 2.05) is 16.5 Å². The summed E-state index contributed by atoms with van der Waals surface area (Å²) in [6, 6.07) is 80.3. The van der Waals surface area contributed by atoms with Gasteiger partial charge in [0, 0.05) is 54.5 Å². The smallest absolute Gasteiger partial charge is 0.263 e. The zero-order valence-corrected chi connectivity index (χ0v) is 35.1. The number of hydrogen-bond donors (Lipinski definition) is 0. The maximum absolute atomic E-state index is 14.4. The fourth-order valence-corrected chi connectivity index (χ4v) is 10.9. The Kier molecular flexibility index (Phi) is 7.51. The highest BCUT2D eigenvalue weighted by Gasteiger charge is 2.22. The maximum atomic E-state index is 14.4. The molecular formula is C61H37N3O. The van der Waals surface area contributed by atoms with Gasteiger partial charge < -0.3 is 9.13 Å². The monoisotopic (exact) mass is 827 g/mol. The summed E-state index contributed by atoms with van der Waals surface area (Å²) < 4.78 is 6.79. The van der Waals surface area contributed by atoms with E-state index in [0.717, 1.165) is 82.7 Å². The Morgan fingerprint density at radius 3 is 1.57 bits per heavy atom. The van der Waals surface area contributed by atoms with Gasteiger partial charge in [0.05, 0.1) is 33.1 Å². The largest absolute Gasteiger partial charge is 0.309 e. The van der Waals surface area contributed by atoms with Crippen molar-refractivity contribution in [1.29, 1.82) is 0 Å². The van der Waals surface area contributed by atoms with Crippen LogP contribution >= 0.6 is 0 Å². The molecule has 65 heavy (non-hydrogen) atoms. The molecule has 0 atom stereocenters. The summed E-state index contributed by atoms with van der Waals surface area (Å²) in [6.45, 7) is 0. The molecule has 0 spiro atoms. The fraction of sp³-hybridized carbons (Fsp3) is 0. The van der Waals surface area contributed by atoms with E-state index >= 15 is 0 Å². The number of aromatic nitrogens is 3. The van der Waals surface area contributed by atoms with Crippen LogP contribution in [-0.4, -0.2) is 13.5 Å². The summed E-state index contributed by atoms with van der Waals surface area (Å²) in [4.78, 5) is 14.4. The van der Waals surface area contributed by atoms with Gasteiger partial charge in [-0.1, -0.05) is 152 Å². The number of rotatable bonds is 5. The van der Waals surface area contributed by atoms with E-state index in [1.165, 1.54) is 43.6 Å². The second kappa shape index (κ2) is 13.6. The first kappa shape index (κ1) is 35.8. The number of para-hydroxylation sites is 4. The number of nitrogens with zero attached hydrogens (tertiary/aromatic N) is 3. The van der Waals surface area contributed by atoms with Crippen LogP contribution in [0.15, 0.2) is 229 Å². The van der Waals surface area contributed by atoms with Crippen LogP contribution in [0.4, 0.5) is 0 Å². The van der Waals surface area contributed by atoms with E-state index in [0.29, 0.717) is 0 Å². The normalized spacial score (nSPS) is 12.1. The Morgan fingerprint density at radius 2 is 0.769 bits per heavy atom. The van der Waals surface area contributed by atoms with Gasteiger partial charge in [-0.2, -0.15) is 0 Å². The second-order valence-electron chi connectivity index (χ2n) is 17.2. The lowest BCUT2D eigenvalue weighted by Gasteiger charge is -2.12. The van der Waals surface area contributed by atoms with Crippen LogP contribution in [0.1, 0.15) is 0 Å². The standard InChI is InChI=1S/C61H37N3O/c65-61-50-30-28-42(38-14-3-1-4-15-38)36-52(50)47-24-13-25-48-53-37-43(29-32-56(53)64(61)59(47)48)40-17-11-16-39(34-40)41-18-12-21-45(35-41)63-54-26-9-7-22-46(54)49-31-33-57-58(60(49)63)51-23-8-10-27-55(51)62(57)44-19-5-2-6-20-44/h1-37H. The molecule has 0 amide bonds. The molecule has 4 nitrogen and oxygen atoms in total. The molecule has 4 aromatic heterocycles. The van der Waals surface area contributed by atoms with Gasteiger partial charge in [0.1, 0.15) is 0 Å². The highest BCUT2D eigenvalue weighted by molar-refractivity contribution is 6.26. The van der Waals surface area contributed by atoms with Crippen molar-refractivity contribution in [2.24, 2.45) is 0 Å². The van der Waals surface area contributed by atoms with Crippen LogP contribution in [0.5, 0.6) is 0 Å².